The second-order valence-electron chi connectivity index (χ2n) is 8.61. The molecular weight excluding hydrogens is 460 g/mol. The molecule has 0 bridgehead atoms. The van der Waals surface area contributed by atoms with Gasteiger partial charge in [-0.05, 0) is 37.8 Å². The van der Waals surface area contributed by atoms with Crippen LogP contribution in [0.4, 0.5) is 23.0 Å². The van der Waals surface area contributed by atoms with Crippen molar-refractivity contribution in [2.45, 2.75) is 50.7 Å². The van der Waals surface area contributed by atoms with Gasteiger partial charge >= 0.3 is 0 Å². The second-order valence-corrected chi connectivity index (χ2v) is 8.97. The number of nitrogens with zero attached hydrogens (tertiary/aromatic N) is 3. The number of amides is 1. The zero-order valence-electron chi connectivity index (χ0n) is 19.0. The summed E-state index contributed by atoms with van der Waals surface area (Å²) < 4.78 is 5.59. The molecule has 5 N–H and O–H groups in total. The Morgan fingerprint density at radius 1 is 1.18 bits per heavy atom. The number of piperidine rings is 1. The topological polar surface area (TPSA) is 143 Å². The van der Waals surface area contributed by atoms with E-state index in [-0.39, 0.29) is 34.6 Å². The highest BCUT2D eigenvalue weighted by atomic mass is 35.5. The number of aliphatic hydroxyl groups excluding tert-OH is 1. The van der Waals surface area contributed by atoms with Crippen LogP contribution in [0.5, 0.6) is 5.75 Å². The van der Waals surface area contributed by atoms with Gasteiger partial charge < -0.3 is 31.1 Å². The fourth-order valence-corrected chi connectivity index (χ4v) is 4.51. The molecule has 34 heavy (non-hydrogen) atoms. The molecule has 1 saturated carbocycles. The molecule has 2 heterocycles. The van der Waals surface area contributed by atoms with E-state index in [0.717, 1.165) is 18.5 Å². The average molecular weight is 489 g/mol. The molecule has 1 aliphatic heterocycles. The summed E-state index contributed by atoms with van der Waals surface area (Å²) in [5, 5.41) is 16.2. The third-order valence-electron chi connectivity index (χ3n) is 6.23. The number of carbonyl (C=O) groups is 2. The summed E-state index contributed by atoms with van der Waals surface area (Å²) in [5.74, 6) is 0.653. The molecule has 4 rings (SSSR count). The lowest BCUT2D eigenvalue weighted by molar-refractivity contribution is -0.119. The summed E-state index contributed by atoms with van der Waals surface area (Å²) in [6, 6.07) is 5.63. The largest absolute Gasteiger partial charge is 0.495 e. The smallest absolute Gasteiger partial charge is 0.271 e. The van der Waals surface area contributed by atoms with Crippen molar-refractivity contribution in [2.24, 2.45) is 5.73 Å². The van der Waals surface area contributed by atoms with E-state index in [1.54, 1.807) is 13.2 Å². The molecule has 10 nitrogen and oxygen atoms in total. The molecule has 1 saturated heterocycles. The number of methoxy groups -OCH3 is 1. The number of nitrogens with two attached hydrogens (primary N) is 1. The summed E-state index contributed by atoms with van der Waals surface area (Å²) in [4.78, 5) is 34.4. The number of carbonyl (C=O) groups excluding carboxylic acids is 2. The number of ether oxygens (including phenoxy) is 1. The van der Waals surface area contributed by atoms with Crippen LogP contribution in [0.1, 0.15) is 49.0 Å². The van der Waals surface area contributed by atoms with E-state index >= 15 is 0 Å². The van der Waals surface area contributed by atoms with Crippen molar-refractivity contribution >= 4 is 46.3 Å². The predicted molar refractivity (Wildman–Crippen MR) is 130 cm³/mol. The van der Waals surface area contributed by atoms with Crippen LogP contribution in [-0.4, -0.2) is 59.1 Å². The fraction of sp³-hybridized carbons (Fsp3) is 0.478. The molecule has 2 fully saturated rings. The number of anilines is 4. The number of aromatic nitrogens is 2. The number of primary amides is 1. The highest BCUT2D eigenvalue weighted by molar-refractivity contribution is 6.32. The van der Waals surface area contributed by atoms with Gasteiger partial charge in [-0.15, -0.1) is 0 Å². The van der Waals surface area contributed by atoms with E-state index in [9.17, 15) is 14.7 Å². The van der Waals surface area contributed by atoms with Crippen molar-refractivity contribution in [3.63, 3.8) is 0 Å². The molecule has 0 spiro atoms. The number of hydrogen-bond donors (Lipinski definition) is 4. The molecule has 2 aliphatic rings. The van der Waals surface area contributed by atoms with Gasteiger partial charge in [0.25, 0.3) is 5.91 Å². The Morgan fingerprint density at radius 3 is 2.53 bits per heavy atom. The molecule has 0 unspecified atom stereocenters. The Kier molecular flexibility index (Phi) is 7.38. The second kappa shape index (κ2) is 10.4. The van der Waals surface area contributed by atoms with Crippen LogP contribution in [0.2, 0.25) is 5.15 Å². The van der Waals surface area contributed by atoms with E-state index in [0.29, 0.717) is 56.0 Å². The quantitative estimate of drug-likeness (QED) is 0.462. The minimum atomic E-state index is -0.759. The monoisotopic (exact) mass is 488 g/mol. The minimum absolute atomic E-state index is 0.0537. The van der Waals surface area contributed by atoms with Crippen LogP contribution in [0.15, 0.2) is 18.2 Å². The standard InChI is InChI=1S/C23H29ClN6O4/c1-34-18-12-14(4-7-17(18)30-10-8-16(32)9-11-30)27-22-19(21(25)33)28-20(24)23(29-22)26-13-2-5-15(31)6-3-13/h4,7,12-13,15,31H,2-3,5-6,8-11H2,1H3,(H2,25,33)(H2,26,27,29). The first-order valence-electron chi connectivity index (χ1n) is 11.4. The van der Waals surface area contributed by atoms with E-state index in [1.165, 1.54) is 0 Å². The predicted octanol–water partition coefficient (Wildman–Crippen LogP) is 2.87. The third kappa shape index (κ3) is 5.51. The van der Waals surface area contributed by atoms with Gasteiger partial charge in [0.1, 0.15) is 11.5 Å². The van der Waals surface area contributed by atoms with Crippen molar-refractivity contribution in [1.82, 2.24) is 9.97 Å². The molecule has 1 amide bonds. The van der Waals surface area contributed by atoms with Gasteiger partial charge in [-0.2, -0.15) is 0 Å². The van der Waals surface area contributed by atoms with Crippen LogP contribution in [0, 0.1) is 0 Å². The number of halogens is 1. The Bertz CT molecular complexity index is 1060. The molecule has 0 atom stereocenters. The zero-order chi connectivity index (χ0) is 24.2. The van der Waals surface area contributed by atoms with E-state index in [4.69, 9.17) is 22.1 Å². The number of hydrogen-bond acceptors (Lipinski definition) is 9. The van der Waals surface area contributed by atoms with Gasteiger partial charge in [0.15, 0.2) is 22.5 Å². The molecular formula is C23H29ClN6O4. The first-order valence-corrected chi connectivity index (χ1v) is 11.8. The van der Waals surface area contributed by atoms with Gasteiger partial charge in [-0.25, -0.2) is 9.97 Å². The zero-order valence-corrected chi connectivity index (χ0v) is 19.8. The molecule has 1 aliphatic carbocycles. The first kappa shape index (κ1) is 24.0. The van der Waals surface area contributed by atoms with Gasteiger partial charge in [-0.1, -0.05) is 11.6 Å². The molecule has 182 valence electrons. The highest BCUT2D eigenvalue weighted by Crippen LogP contribution is 2.34. The Hall–Kier alpha value is -3.11. The van der Waals surface area contributed by atoms with Gasteiger partial charge in [0, 0.05) is 43.7 Å². The normalized spacial score (nSPS) is 20.7. The number of rotatable bonds is 7. The average Bonchev–Trinajstić information content (AvgIpc) is 2.82. The Balaban J connectivity index is 1.58. The summed E-state index contributed by atoms with van der Waals surface area (Å²) in [7, 11) is 1.58. The number of aliphatic hydroxyl groups is 1. The maximum Gasteiger partial charge on any atom is 0.271 e. The van der Waals surface area contributed by atoms with Crippen molar-refractivity contribution < 1.29 is 19.4 Å². The van der Waals surface area contributed by atoms with E-state index < -0.39 is 5.91 Å². The van der Waals surface area contributed by atoms with Crippen molar-refractivity contribution in [1.29, 1.82) is 0 Å². The number of ketones is 1. The van der Waals surface area contributed by atoms with Crippen LogP contribution in [0.25, 0.3) is 0 Å². The number of Topliss-reactive ketones (excluding diaryl/α,β-unsaturated/α-hetero) is 1. The summed E-state index contributed by atoms with van der Waals surface area (Å²) >= 11 is 6.29. The summed E-state index contributed by atoms with van der Waals surface area (Å²) in [5.41, 5.74) is 6.97. The van der Waals surface area contributed by atoms with Crippen LogP contribution in [0.3, 0.4) is 0 Å². The Morgan fingerprint density at radius 2 is 1.88 bits per heavy atom. The third-order valence-corrected chi connectivity index (χ3v) is 6.49. The molecule has 1 aromatic heterocycles. The lowest BCUT2D eigenvalue weighted by Gasteiger charge is -2.29. The molecule has 11 heteroatoms. The number of nitrogens with one attached hydrogen (secondary N) is 2. The number of benzene rings is 1. The van der Waals surface area contributed by atoms with Crippen LogP contribution < -0.4 is 26.0 Å². The van der Waals surface area contributed by atoms with E-state index in [1.807, 2.05) is 12.1 Å². The maximum absolute atomic E-state index is 12.0. The minimum Gasteiger partial charge on any atom is -0.495 e. The molecule has 1 aromatic carbocycles. The lowest BCUT2D eigenvalue weighted by Crippen LogP contribution is -2.33. The van der Waals surface area contributed by atoms with Crippen LogP contribution in [-0.2, 0) is 4.79 Å². The van der Waals surface area contributed by atoms with Gasteiger partial charge in [0.05, 0.1) is 18.9 Å². The highest BCUT2D eigenvalue weighted by Gasteiger charge is 2.24. The van der Waals surface area contributed by atoms with Gasteiger partial charge in [0.2, 0.25) is 0 Å². The van der Waals surface area contributed by atoms with Gasteiger partial charge in [-0.3, -0.25) is 9.59 Å². The Labute approximate surface area is 202 Å². The SMILES string of the molecule is COc1cc(Nc2nc(NC3CCC(O)CC3)c(Cl)nc2C(N)=O)ccc1N1CCC(=O)CC1. The molecule has 0 radical (unpaired) electrons. The summed E-state index contributed by atoms with van der Waals surface area (Å²) in [6.45, 7) is 1.29. The summed E-state index contributed by atoms with van der Waals surface area (Å²) in [6.07, 6.45) is 3.70. The first-order chi connectivity index (χ1) is 16.3. The fourth-order valence-electron chi connectivity index (χ4n) is 4.33. The van der Waals surface area contributed by atoms with E-state index in [2.05, 4.69) is 25.5 Å². The lowest BCUT2D eigenvalue weighted by atomic mass is 9.93. The molecule has 2 aromatic rings. The van der Waals surface area contributed by atoms with Crippen molar-refractivity contribution in [2.75, 3.05) is 35.7 Å². The van der Waals surface area contributed by atoms with Crippen molar-refractivity contribution in [3.8, 4) is 5.75 Å². The van der Waals surface area contributed by atoms with Crippen LogP contribution >= 0.6 is 11.6 Å². The maximum atomic E-state index is 12.0. The van der Waals surface area contributed by atoms with Crippen molar-refractivity contribution in [3.05, 3.63) is 29.0 Å².